The Morgan fingerprint density at radius 3 is 2.90 bits per heavy atom. The van der Waals surface area contributed by atoms with E-state index in [4.69, 9.17) is 0 Å². The van der Waals surface area contributed by atoms with E-state index < -0.39 is 4.92 Å². The van der Waals surface area contributed by atoms with E-state index in [1.54, 1.807) is 12.1 Å². The van der Waals surface area contributed by atoms with E-state index in [0.29, 0.717) is 5.82 Å². The van der Waals surface area contributed by atoms with Crippen LogP contribution in [-0.4, -0.2) is 25.5 Å². The summed E-state index contributed by atoms with van der Waals surface area (Å²) in [6.45, 7) is 3.93. The first-order valence-corrected chi connectivity index (χ1v) is 6.35. The van der Waals surface area contributed by atoms with Gasteiger partial charge in [0, 0.05) is 18.2 Å². The Bertz CT molecular complexity index is 571. The van der Waals surface area contributed by atoms with Crippen LogP contribution in [0.2, 0.25) is 0 Å². The molecule has 8 heteroatoms. The summed E-state index contributed by atoms with van der Waals surface area (Å²) in [5.41, 5.74) is 0.965. The number of aromatic nitrogens is 4. The molecule has 0 saturated carbocycles. The third-order valence-electron chi connectivity index (χ3n) is 3.09. The van der Waals surface area contributed by atoms with Crippen molar-refractivity contribution < 1.29 is 4.92 Å². The maximum absolute atomic E-state index is 10.8. The van der Waals surface area contributed by atoms with Crippen molar-refractivity contribution in [3.8, 4) is 0 Å². The molecule has 1 heterocycles. The highest BCUT2D eigenvalue weighted by Gasteiger charge is 2.18. The van der Waals surface area contributed by atoms with Gasteiger partial charge in [0.25, 0.3) is 5.69 Å². The van der Waals surface area contributed by atoms with Crippen LogP contribution in [0.3, 0.4) is 0 Å². The van der Waals surface area contributed by atoms with Gasteiger partial charge in [-0.15, -0.1) is 10.2 Å². The number of rotatable bonds is 6. The lowest BCUT2D eigenvalue weighted by atomic mass is 10.0. The monoisotopic (exact) mass is 276 g/mol. The number of tetrazole rings is 1. The first-order chi connectivity index (χ1) is 9.61. The van der Waals surface area contributed by atoms with Gasteiger partial charge in [-0.25, -0.2) is 0 Å². The van der Waals surface area contributed by atoms with E-state index in [1.807, 2.05) is 19.9 Å². The summed E-state index contributed by atoms with van der Waals surface area (Å²) in [6, 6.07) is 6.53. The lowest BCUT2D eigenvalue weighted by molar-refractivity contribution is -0.384. The molecule has 2 aromatic rings. The number of aromatic amines is 1. The lowest BCUT2D eigenvalue weighted by Gasteiger charge is -2.20. The summed E-state index contributed by atoms with van der Waals surface area (Å²) < 4.78 is 0. The maximum atomic E-state index is 10.8. The standard InChI is InChI=1S/C12H16N6O2/c1-3-11(13-8(2)12-14-16-17-15-12)9-5-4-6-10(7-9)18(19)20/h4-8,11,13H,3H2,1-2H3,(H,14,15,16,17). The molecule has 2 atom stereocenters. The van der Waals surface area contributed by atoms with Crippen LogP contribution in [0.5, 0.6) is 0 Å². The number of hydrogen-bond acceptors (Lipinski definition) is 6. The van der Waals surface area contributed by atoms with E-state index in [-0.39, 0.29) is 17.8 Å². The van der Waals surface area contributed by atoms with E-state index >= 15 is 0 Å². The average molecular weight is 276 g/mol. The molecule has 0 aliphatic heterocycles. The third-order valence-corrected chi connectivity index (χ3v) is 3.09. The Morgan fingerprint density at radius 1 is 1.50 bits per heavy atom. The van der Waals surface area contributed by atoms with Gasteiger partial charge in [-0.2, -0.15) is 5.21 Å². The van der Waals surface area contributed by atoms with Crippen molar-refractivity contribution in [2.45, 2.75) is 32.4 Å². The molecular formula is C12H16N6O2. The second-order valence-corrected chi connectivity index (χ2v) is 4.47. The predicted molar refractivity (Wildman–Crippen MR) is 71.9 cm³/mol. The largest absolute Gasteiger partial charge is 0.300 e. The van der Waals surface area contributed by atoms with Gasteiger partial charge in [0.1, 0.15) is 0 Å². The molecule has 106 valence electrons. The second kappa shape index (κ2) is 6.20. The molecule has 1 aromatic carbocycles. The minimum atomic E-state index is -0.390. The molecule has 2 N–H and O–H groups in total. The molecular weight excluding hydrogens is 260 g/mol. The molecule has 0 fully saturated rings. The van der Waals surface area contributed by atoms with Crippen LogP contribution in [0, 0.1) is 10.1 Å². The fourth-order valence-electron chi connectivity index (χ4n) is 2.03. The van der Waals surface area contributed by atoms with Crippen LogP contribution in [0.4, 0.5) is 5.69 Å². The average Bonchev–Trinajstić information content (AvgIpc) is 2.99. The van der Waals surface area contributed by atoms with Crippen molar-refractivity contribution in [3.63, 3.8) is 0 Å². The van der Waals surface area contributed by atoms with Crippen LogP contribution >= 0.6 is 0 Å². The summed E-state index contributed by atoms with van der Waals surface area (Å²) in [4.78, 5) is 10.4. The van der Waals surface area contributed by atoms with Gasteiger partial charge in [-0.3, -0.25) is 10.1 Å². The van der Waals surface area contributed by atoms with E-state index in [0.717, 1.165) is 12.0 Å². The van der Waals surface area contributed by atoms with Crippen molar-refractivity contribution >= 4 is 5.69 Å². The number of non-ortho nitro benzene ring substituents is 1. The van der Waals surface area contributed by atoms with Crippen molar-refractivity contribution in [3.05, 3.63) is 45.8 Å². The second-order valence-electron chi connectivity index (χ2n) is 4.47. The molecule has 0 aliphatic carbocycles. The van der Waals surface area contributed by atoms with E-state index in [1.165, 1.54) is 6.07 Å². The number of hydrogen-bond donors (Lipinski definition) is 2. The predicted octanol–water partition coefficient (Wildman–Crippen LogP) is 1.91. The summed E-state index contributed by atoms with van der Waals surface area (Å²) in [5, 5.41) is 27.9. The molecule has 0 bridgehead atoms. The molecule has 0 radical (unpaired) electrons. The fraction of sp³-hybridized carbons (Fsp3) is 0.417. The Morgan fingerprint density at radius 2 is 2.30 bits per heavy atom. The summed E-state index contributed by atoms with van der Waals surface area (Å²) in [6.07, 6.45) is 0.795. The number of nitrogens with zero attached hydrogens (tertiary/aromatic N) is 4. The maximum Gasteiger partial charge on any atom is 0.269 e. The van der Waals surface area contributed by atoms with E-state index in [9.17, 15) is 10.1 Å². The molecule has 0 saturated heterocycles. The Balaban J connectivity index is 2.15. The van der Waals surface area contributed by atoms with Crippen LogP contribution in [0.25, 0.3) is 0 Å². The molecule has 0 aliphatic rings. The SMILES string of the molecule is CCC(NC(C)c1nn[nH]n1)c1cccc([N+](=O)[O-])c1. The van der Waals surface area contributed by atoms with Crippen LogP contribution < -0.4 is 5.32 Å². The van der Waals surface area contributed by atoms with Crippen LogP contribution in [0.15, 0.2) is 24.3 Å². The smallest absolute Gasteiger partial charge is 0.269 e. The molecule has 1 aromatic heterocycles. The van der Waals surface area contributed by atoms with Gasteiger partial charge < -0.3 is 5.32 Å². The number of nitro benzene ring substituents is 1. The molecule has 2 rings (SSSR count). The van der Waals surface area contributed by atoms with Crippen molar-refractivity contribution in [2.24, 2.45) is 0 Å². The molecule has 8 nitrogen and oxygen atoms in total. The minimum absolute atomic E-state index is 0.0107. The van der Waals surface area contributed by atoms with Crippen LogP contribution in [-0.2, 0) is 0 Å². The lowest BCUT2D eigenvalue weighted by Crippen LogP contribution is -2.25. The fourth-order valence-corrected chi connectivity index (χ4v) is 2.03. The summed E-state index contributed by atoms with van der Waals surface area (Å²) in [7, 11) is 0. The van der Waals surface area contributed by atoms with Crippen molar-refractivity contribution in [1.29, 1.82) is 0 Å². The number of nitro groups is 1. The topological polar surface area (TPSA) is 110 Å². The third kappa shape index (κ3) is 3.15. The quantitative estimate of drug-likeness (QED) is 0.616. The van der Waals surface area contributed by atoms with Gasteiger partial charge in [-0.05, 0) is 18.9 Å². The van der Waals surface area contributed by atoms with Crippen molar-refractivity contribution in [1.82, 2.24) is 25.9 Å². The zero-order valence-corrected chi connectivity index (χ0v) is 11.3. The first kappa shape index (κ1) is 14.1. The van der Waals surface area contributed by atoms with Gasteiger partial charge in [0.15, 0.2) is 5.82 Å². The highest BCUT2D eigenvalue weighted by atomic mass is 16.6. The molecule has 0 spiro atoms. The van der Waals surface area contributed by atoms with Crippen molar-refractivity contribution in [2.75, 3.05) is 0 Å². The van der Waals surface area contributed by atoms with Gasteiger partial charge in [-0.1, -0.05) is 24.3 Å². The highest BCUT2D eigenvalue weighted by Crippen LogP contribution is 2.23. The number of H-pyrrole nitrogens is 1. The zero-order valence-electron chi connectivity index (χ0n) is 11.3. The molecule has 20 heavy (non-hydrogen) atoms. The van der Waals surface area contributed by atoms with E-state index in [2.05, 4.69) is 25.9 Å². The summed E-state index contributed by atoms with van der Waals surface area (Å²) in [5.74, 6) is 0.564. The number of benzene rings is 1. The molecule has 0 amide bonds. The Hall–Kier alpha value is -2.35. The highest BCUT2D eigenvalue weighted by molar-refractivity contribution is 5.35. The van der Waals surface area contributed by atoms with Gasteiger partial charge in [0.05, 0.1) is 11.0 Å². The van der Waals surface area contributed by atoms with Crippen LogP contribution in [0.1, 0.15) is 43.7 Å². The Labute approximate surface area is 115 Å². The zero-order chi connectivity index (χ0) is 14.5. The number of nitrogens with one attached hydrogen (secondary N) is 2. The first-order valence-electron chi connectivity index (χ1n) is 6.35. The Kier molecular flexibility index (Phi) is 4.36. The normalized spacial score (nSPS) is 13.9. The van der Waals surface area contributed by atoms with Gasteiger partial charge in [0.2, 0.25) is 0 Å². The summed E-state index contributed by atoms with van der Waals surface area (Å²) >= 11 is 0. The minimum Gasteiger partial charge on any atom is -0.300 e. The van der Waals surface area contributed by atoms with Gasteiger partial charge >= 0.3 is 0 Å². The molecule has 2 unspecified atom stereocenters.